The highest BCUT2D eigenvalue weighted by atomic mass is 19.4. The molecule has 0 amide bonds. The van der Waals surface area contributed by atoms with Gasteiger partial charge in [0.05, 0.1) is 0 Å². The Kier molecular flexibility index (Phi) is 5.46. The van der Waals surface area contributed by atoms with Crippen molar-refractivity contribution in [2.75, 3.05) is 0 Å². The molecule has 2 rings (SSSR count). The van der Waals surface area contributed by atoms with E-state index >= 15 is 0 Å². The van der Waals surface area contributed by atoms with Gasteiger partial charge in [0.2, 0.25) is 0 Å². The van der Waals surface area contributed by atoms with Gasteiger partial charge in [0.15, 0.2) is 0 Å². The summed E-state index contributed by atoms with van der Waals surface area (Å²) in [6.07, 6.45) is -4.83. The molecule has 0 spiro atoms. The van der Waals surface area contributed by atoms with Crippen molar-refractivity contribution < 1.29 is 32.2 Å². The number of alkyl halides is 3. The van der Waals surface area contributed by atoms with Gasteiger partial charge in [-0.05, 0) is 23.3 Å². The first-order valence-corrected chi connectivity index (χ1v) is 6.51. The third-order valence-corrected chi connectivity index (χ3v) is 2.72. The van der Waals surface area contributed by atoms with Gasteiger partial charge in [0.1, 0.15) is 24.7 Å². The van der Waals surface area contributed by atoms with E-state index in [1.54, 1.807) is 0 Å². The summed E-state index contributed by atoms with van der Waals surface area (Å²) in [6.45, 7) is 1.15. The van der Waals surface area contributed by atoms with Crippen molar-refractivity contribution in [3.63, 3.8) is 0 Å². The van der Waals surface area contributed by atoms with E-state index in [1.165, 1.54) is 12.5 Å². The molecular formula is C16H12F3O4. The van der Waals surface area contributed by atoms with Crippen LogP contribution in [-0.2, 0) is 22.7 Å². The Hall–Kier alpha value is -2.70. The molecule has 7 heteroatoms. The molecular weight excluding hydrogens is 313 g/mol. The van der Waals surface area contributed by atoms with Crippen LogP contribution in [0.1, 0.15) is 11.1 Å². The SMILES string of the molecule is O=[C]OCc1cc(OCc2ccccc2)cc(OC(F)(F)F)c1. The summed E-state index contributed by atoms with van der Waals surface area (Å²) < 4.78 is 50.8. The summed E-state index contributed by atoms with van der Waals surface area (Å²) >= 11 is 0. The summed E-state index contributed by atoms with van der Waals surface area (Å²) in [7, 11) is 0. The molecule has 2 aromatic carbocycles. The Morgan fingerprint density at radius 1 is 0.913 bits per heavy atom. The second-order valence-corrected chi connectivity index (χ2v) is 4.51. The second-order valence-electron chi connectivity index (χ2n) is 4.51. The largest absolute Gasteiger partial charge is 0.573 e. The molecule has 0 aliphatic heterocycles. The zero-order valence-electron chi connectivity index (χ0n) is 11.8. The van der Waals surface area contributed by atoms with Crippen LogP contribution in [0.3, 0.4) is 0 Å². The summed E-state index contributed by atoms with van der Waals surface area (Å²) in [5.41, 5.74) is 1.15. The normalized spacial score (nSPS) is 10.9. The number of halogens is 3. The fourth-order valence-corrected chi connectivity index (χ4v) is 1.84. The predicted octanol–water partition coefficient (Wildman–Crippen LogP) is 3.75. The number of hydrogen-bond acceptors (Lipinski definition) is 4. The lowest BCUT2D eigenvalue weighted by atomic mass is 10.2. The van der Waals surface area contributed by atoms with Gasteiger partial charge in [-0.2, -0.15) is 0 Å². The molecule has 0 unspecified atom stereocenters. The maximum Gasteiger partial charge on any atom is 0.573 e. The average molecular weight is 325 g/mol. The molecule has 23 heavy (non-hydrogen) atoms. The van der Waals surface area contributed by atoms with Crippen LogP contribution in [0.5, 0.6) is 11.5 Å². The number of carbonyl (C=O) groups excluding carboxylic acids is 1. The quantitative estimate of drug-likeness (QED) is 0.778. The molecule has 2 aromatic rings. The highest BCUT2D eigenvalue weighted by Crippen LogP contribution is 2.29. The zero-order chi connectivity index (χ0) is 16.7. The average Bonchev–Trinajstić information content (AvgIpc) is 2.50. The molecule has 0 bridgehead atoms. The van der Waals surface area contributed by atoms with Crippen LogP contribution in [0.4, 0.5) is 13.2 Å². The van der Waals surface area contributed by atoms with Crippen LogP contribution in [-0.4, -0.2) is 12.8 Å². The van der Waals surface area contributed by atoms with Gasteiger partial charge in [-0.1, -0.05) is 30.3 Å². The van der Waals surface area contributed by atoms with Crippen molar-refractivity contribution in [1.82, 2.24) is 0 Å². The Balaban J connectivity index is 2.15. The first kappa shape index (κ1) is 16.7. The fourth-order valence-electron chi connectivity index (χ4n) is 1.84. The lowest BCUT2D eigenvalue weighted by Crippen LogP contribution is -2.17. The van der Waals surface area contributed by atoms with Gasteiger partial charge >= 0.3 is 12.8 Å². The lowest BCUT2D eigenvalue weighted by molar-refractivity contribution is -0.274. The maximum absolute atomic E-state index is 12.4. The minimum absolute atomic E-state index is 0.167. The Labute approximate surface area is 130 Å². The minimum Gasteiger partial charge on any atom is -0.489 e. The van der Waals surface area contributed by atoms with Gasteiger partial charge in [0, 0.05) is 6.07 Å². The van der Waals surface area contributed by atoms with Crippen molar-refractivity contribution in [2.24, 2.45) is 0 Å². The van der Waals surface area contributed by atoms with Gasteiger partial charge in [-0.15, -0.1) is 13.2 Å². The molecule has 0 atom stereocenters. The molecule has 0 aromatic heterocycles. The summed E-state index contributed by atoms with van der Waals surface area (Å²) in [5.74, 6) is -0.285. The Morgan fingerprint density at radius 2 is 1.61 bits per heavy atom. The lowest BCUT2D eigenvalue weighted by Gasteiger charge is -2.13. The monoisotopic (exact) mass is 325 g/mol. The van der Waals surface area contributed by atoms with Gasteiger partial charge in [-0.3, -0.25) is 0 Å². The molecule has 0 N–H and O–H groups in total. The van der Waals surface area contributed by atoms with E-state index in [0.29, 0.717) is 0 Å². The highest BCUT2D eigenvalue weighted by molar-refractivity contribution is 5.41. The number of benzene rings is 2. The highest BCUT2D eigenvalue weighted by Gasteiger charge is 2.31. The zero-order valence-corrected chi connectivity index (χ0v) is 11.8. The number of rotatable bonds is 7. The van der Waals surface area contributed by atoms with E-state index in [2.05, 4.69) is 9.47 Å². The van der Waals surface area contributed by atoms with Gasteiger partial charge in [-0.25, -0.2) is 4.79 Å². The van der Waals surface area contributed by atoms with E-state index in [4.69, 9.17) is 4.74 Å². The summed E-state index contributed by atoms with van der Waals surface area (Å²) in [5, 5.41) is 0. The van der Waals surface area contributed by atoms with Crippen molar-refractivity contribution in [1.29, 1.82) is 0 Å². The van der Waals surface area contributed by atoms with E-state index in [9.17, 15) is 18.0 Å². The summed E-state index contributed by atoms with van der Waals surface area (Å²) in [4.78, 5) is 10.1. The molecule has 0 fully saturated rings. The fraction of sp³-hybridized carbons (Fsp3) is 0.188. The van der Waals surface area contributed by atoms with Crippen molar-refractivity contribution in [3.8, 4) is 11.5 Å². The molecule has 0 aliphatic rings. The molecule has 121 valence electrons. The van der Waals surface area contributed by atoms with Crippen LogP contribution < -0.4 is 9.47 Å². The predicted molar refractivity (Wildman–Crippen MR) is 74.4 cm³/mol. The van der Waals surface area contributed by atoms with Crippen LogP contribution in [0.2, 0.25) is 0 Å². The van der Waals surface area contributed by atoms with Crippen molar-refractivity contribution in [2.45, 2.75) is 19.6 Å². The Morgan fingerprint density at radius 3 is 2.26 bits per heavy atom. The molecule has 1 radical (unpaired) electrons. The minimum atomic E-state index is -4.83. The van der Waals surface area contributed by atoms with Crippen LogP contribution in [0.15, 0.2) is 48.5 Å². The Bertz CT molecular complexity index is 642. The topological polar surface area (TPSA) is 44.8 Å². The molecule has 0 saturated carbocycles. The van der Waals surface area contributed by atoms with E-state index < -0.39 is 12.1 Å². The van der Waals surface area contributed by atoms with Crippen LogP contribution in [0, 0.1) is 0 Å². The second kappa shape index (κ2) is 7.53. The van der Waals surface area contributed by atoms with Crippen molar-refractivity contribution >= 4 is 6.47 Å². The van der Waals surface area contributed by atoms with E-state index in [-0.39, 0.29) is 24.5 Å². The molecule has 4 nitrogen and oxygen atoms in total. The molecule has 0 aliphatic carbocycles. The maximum atomic E-state index is 12.4. The number of ether oxygens (including phenoxy) is 3. The van der Waals surface area contributed by atoms with Gasteiger partial charge in [0.25, 0.3) is 0 Å². The molecule has 0 heterocycles. The number of hydrogen-bond donors (Lipinski definition) is 0. The van der Waals surface area contributed by atoms with Crippen LogP contribution in [0.25, 0.3) is 0 Å². The first-order valence-electron chi connectivity index (χ1n) is 6.51. The van der Waals surface area contributed by atoms with Crippen molar-refractivity contribution in [3.05, 3.63) is 59.7 Å². The smallest absolute Gasteiger partial charge is 0.489 e. The summed E-state index contributed by atoms with van der Waals surface area (Å²) in [6, 6.07) is 12.8. The third-order valence-electron chi connectivity index (χ3n) is 2.72. The van der Waals surface area contributed by atoms with E-state index in [1.807, 2.05) is 30.3 Å². The van der Waals surface area contributed by atoms with E-state index in [0.717, 1.165) is 17.7 Å². The molecule has 0 saturated heterocycles. The van der Waals surface area contributed by atoms with Gasteiger partial charge < -0.3 is 14.2 Å². The standard InChI is InChI=1S/C16H12F3O4/c17-16(18,19)23-15-7-13(9-21-11-20)6-14(8-15)22-10-12-4-2-1-3-5-12/h1-8H,9-10H2. The first-order chi connectivity index (χ1) is 11.0. The third kappa shape index (κ3) is 5.90. The van der Waals surface area contributed by atoms with Crippen LogP contribution >= 0.6 is 0 Å².